The van der Waals surface area contributed by atoms with E-state index >= 15 is 0 Å². The lowest BCUT2D eigenvalue weighted by Crippen LogP contribution is -2.43. The molecule has 5 heteroatoms. The third kappa shape index (κ3) is 2.34. The zero-order valence-electron chi connectivity index (χ0n) is 13.6. The molecule has 1 aromatic rings. The molecule has 3 rings (SSSR count). The minimum absolute atomic E-state index is 0.479. The van der Waals surface area contributed by atoms with E-state index in [0.29, 0.717) is 5.75 Å². The van der Waals surface area contributed by atoms with Crippen LogP contribution in [0.2, 0.25) is 0 Å². The van der Waals surface area contributed by atoms with E-state index in [1.54, 1.807) is 0 Å². The number of aromatic hydroxyl groups is 1. The van der Waals surface area contributed by atoms with Crippen molar-refractivity contribution in [2.45, 2.75) is 26.9 Å². The fraction of sp³-hybridized carbons (Fsp3) is 0.625. The number of phenols is 1. The first-order valence-electron chi connectivity index (χ1n) is 7.79. The number of anilines is 2. The third-order valence-electron chi connectivity index (χ3n) is 4.51. The van der Waals surface area contributed by atoms with Crippen molar-refractivity contribution < 1.29 is 5.11 Å². The van der Waals surface area contributed by atoms with E-state index in [2.05, 4.69) is 53.6 Å². The molecular formula is C16H26N4O. The second-order valence-corrected chi connectivity index (χ2v) is 6.26. The van der Waals surface area contributed by atoms with Gasteiger partial charge in [-0.3, -0.25) is 9.80 Å². The van der Waals surface area contributed by atoms with Crippen LogP contribution in [0.1, 0.15) is 25.0 Å². The fourth-order valence-electron chi connectivity index (χ4n) is 3.63. The summed E-state index contributed by atoms with van der Waals surface area (Å²) in [5.41, 5.74) is 4.57. The van der Waals surface area contributed by atoms with Crippen LogP contribution < -0.4 is 9.80 Å². The Balaban J connectivity index is 2.15. The van der Waals surface area contributed by atoms with Crippen molar-refractivity contribution in [2.24, 2.45) is 0 Å². The van der Waals surface area contributed by atoms with Gasteiger partial charge in [-0.1, -0.05) is 0 Å². The van der Waals surface area contributed by atoms with Crippen LogP contribution in [0.15, 0.2) is 6.07 Å². The molecule has 0 unspecified atom stereocenters. The molecule has 1 N–H and O–H groups in total. The normalized spacial score (nSPS) is 19.6. The van der Waals surface area contributed by atoms with Gasteiger partial charge in [0.2, 0.25) is 0 Å². The average Bonchev–Trinajstić information content (AvgIpc) is 2.44. The molecule has 0 radical (unpaired) electrons. The summed E-state index contributed by atoms with van der Waals surface area (Å²) in [6.45, 7) is 9.68. The highest BCUT2D eigenvalue weighted by Gasteiger charge is 2.30. The maximum atomic E-state index is 10.9. The molecule has 1 aromatic carbocycles. The maximum absolute atomic E-state index is 10.9. The van der Waals surface area contributed by atoms with Crippen molar-refractivity contribution in [3.8, 4) is 5.75 Å². The summed E-state index contributed by atoms with van der Waals surface area (Å²) < 4.78 is 0. The van der Waals surface area contributed by atoms with Gasteiger partial charge in [-0.25, -0.2) is 0 Å². The van der Waals surface area contributed by atoms with Crippen molar-refractivity contribution in [1.29, 1.82) is 0 Å². The molecule has 2 heterocycles. The summed E-state index contributed by atoms with van der Waals surface area (Å²) in [7, 11) is 4.26. The predicted molar refractivity (Wildman–Crippen MR) is 86.8 cm³/mol. The molecule has 5 nitrogen and oxygen atoms in total. The predicted octanol–water partition coefficient (Wildman–Crippen LogP) is 1.85. The number of hydrogen-bond donors (Lipinski definition) is 1. The number of phenolic OH excluding ortho intramolecular Hbond substituents is 1. The molecule has 0 aromatic heterocycles. The van der Waals surface area contributed by atoms with Crippen LogP contribution >= 0.6 is 0 Å². The summed E-state index contributed by atoms with van der Waals surface area (Å²) >= 11 is 0. The van der Waals surface area contributed by atoms with Gasteiger partial charge in [0.1, 0.15) is 0 Å². The number of hydrogen-bond acceptors (Lipinski definition) is 5. The highest BCUT2D eigenvalue weighted by molar-refractivity contribution is 5.79. The average molecular weight is 290 g/mol. The highest BCUT2D eigenvalue weighted by atomic mass is 16.3. The van der Waals surface area contributed by atoms with Crippen LogP contribution in [0, 0.1) is 0 Å². The summed E-state index contributed by atoms with van der Waals surface area (Å²) in [5.74, 6) is 0.479. The molecule has 0 amide bonds. The number of fused-ring (bicyclic) bond motifs is 2. The van der Waals surface area contributed by atoms with Crippen LogP contribution in [0.3, 0.4) is 0 Å². The Hall–Kier alpha value is -1.46. The minimum Gasteiger partial charge on any atom is -0.504 e. The lowest BCUT2D eigenvalue weighted by atomic mass is 9.99. The second kappa shape index (κ2) is 5.39. The van der Waals surface area contributed by atoms with Gasteiger partial charge in [0.25, 0.3) is 0 Å². The summed E-state index contributed by atoms with van der Waals surface area (Å²) in [4.78, 5) is 9.12. The number of rotatable bonds is 2. The van der Waals surface area contributed by atoms with Crippen LogP contribution in [-0.4, -0.2) is 55.4 Å². The van der Waals surface area contributed by atoms with Crippen molar-refractivity contribution in [2.75, 3.05) is 50.3 Å². The first-order chi connectivity index (χ1) is 10.0. The summed E-state index contributed by atoms with van der Waals surface area (Å²) in [5, 5.41) is 10.9. The van der Waals surface area contributed by atoms with Crippen LogP contribution in [-0.2, 0) is 13.1 Å². The Morgan fingerprint density at radius 3 is 1.71 bits per heavy atom. The zero-order chi connectivity index (χ0) is 15.1. The Kier molecular flexibility index (Phi) is 3.71. The van der Waals surface area contributed by atoms with Gasteiger partial charge >= 0.3 is 0 Å². The molecule has 21 heavy (non-hydrogen) atoms. The highest BCUT2D eigenvalue weighted by Crippen LogP contribution is 2.46. The minimum atomic E-state index is 0.479. The maximum Gasteiger partial charge on any atom is 0.163 e. The van der Waals surface area contributed by atoms with Gasteiger partial charge in [0, 0.05) is 26.2 Å². The van der Waals surface area contributed by atoms with Crippen molar-refractivity contribution in [3.05, 3.63) is 17.2 Å². The van der Waals surface area contributed by atoms with Crippen LogP contribution in [0.25, 0.3) is 0 Å². The molecule has 0 bridgehead atoms. The van der Waals surface area contributed by atoms with Crippen molar-refractivity contribution in [1.82, 2.24) is 9.80 Å². The Morgan fingerprint density at radius 2 is 1.33 bits per heavy atom. The van der Waals surface area contributed by atoms with Gasteiger partial charge < -0.3 is 14.9 Å². The summed E-state index contributed by atoms with van der Waals surface area (Å²) in [6, 6.07) is 2.29. The molecule has 0 spiro atoms. The van der Waals surface area contributed by atoms with Gasteiger partial charge in [-0.05, 0) is 45.1 Å². The van der Waals surface area contributed by atoms with E-state index in [4.69, 9.17) is 0 Å². The van der Waals surface area contributed by atoms with Gasteiger partial charge in [0.05, 0.1) is 24.7 Å². The fourth-order valence-corrected chi connectivity index (χ4v) is 3.63. The molecule has 116 valence electrons. The van der Waals surface area contributed by atoms with Crippen LogP contribution in [0.5, 0.6) is 5.75 Å². The molecule has 0 saturated heterocycles. The standard InChI is InChI=1S/C16H26N4O/c1-5-19-10-17(3)8-12-7-13-9-18(4)11-20(6-2)15(13)16(21)14(12)19/h7,21H,5-6,8-11H2,1-4H3. The molecule has 0 aliphatic carbocycles. The lowest BCUT2D eigenvalue weighted by molar-refractivity contribution is 0.296. The van der Waals surface area contributed by atoms with Gasteiger partial charge in [-0.15, -0.1) is 0 Å². The molecule has 0 saturated carbocycles. The van der Waals surface area contributed by atoms with E-state index in [0.717, 1.165) is 50.9 Å². The number of nitrogens with zero attached hydrogens (tertiary/aromatic N) is 4. The first-order valence-corrected chi connectivity index (χ1v) is 7.79. The monoisotopic (exact) mass is 290 g/mol. The first kappa shape index (κ1) is 14.5. The van der Waals surface area contributed by atoms with Gasteiger partial charge in [-0.2, -0.15) is 0 Å². The molecule has 2 aliphatic rings. The number of benzene rings is 1. The van der Waals surface area contributed by atoms with Gasteiger partial charge in [0.15, 0.2) is 5.75 Å². The molecule has 2 aliphatic heterocycles. The van der Waals surface area contributed by atoms with Crippen LogP contribution in [0.4, 0.5) is 11.4 Å². The van der Waals surface area contributed by atoms with E-state index < -0.39 is 0 Å². The Bertz CT molecular complexity index is 501. The zero-order valence-corrected chi connectivity index (χ0v) is 13.6. The van der Waals surface area contributed by atoms with E-state index in [9.17, 15) is 5.11 Å². The van der Waals surface area contributed by atoms with Crippen molar-refractivity contribution >= 4 is 11.4 Å². The quantitative estimate of drug-likeness (QED) is 0.899. The van der Waals surface area contributed by atoms with E-state index in [-0.39, 0.29) is 0 Å². The molecule has 0 atom stereocenters. The largest absolute Gasteiger partial charge is 0.504 e. The van der Waals surface area contributed by atoms with Crippen molar-refractivity contribution in [3.63, 3.8) is 0 Å². The molecule has 0 fully saturated rings. The van der Waals surface area contributed by atoms with E-state index in [1.165, 1.54) is 11.1 Å². The second-order valence-electron chi connectivity index (χ2n) is 6.26. The Labute approximate surface area is 127 Å². The topological polar surface area (TPSA) is 33.2 Å². The SMILES string of the molecule is CCN1CN(C)Cc2cc3c(c(O)c21)N(CC)CN(C)C3. The lowest BCUT2D eigenvalue weighted by Gasteiger charge is -2.41. The van der Waals surface area contributed by atoms with E-state index in [1.807, 2.05) is 0 Å². The summed E-state index contributed by atoms with van der Waals surface area (Å²) in [6.07, 6.45) is 0. The third-order valence-corrected chi connectivity index (χ3v) is 4.51. The Morgan fingerprint density at radius 1 is 0.905 bits per heavy atom. The molecular weight excluding hydrogens is 264 g/mol. The smallest absolute Gasteiger partial charge is 0.163 e.